The summed E-state index contributed by atoms with van der Waals surface area (Å²) < 4.78 is 5.16. The molecule has 0 saturated carbocycles. The molecule has 1 aromatic carbocycles. The number of esters is 1. The molecule has 3 rings (SSSR count). The smallest absolute Gasteiger partial charge is 0.341 e. The monoisotopic (exact) mass is 375 g/mol. The summed E-state index contributed by atoms with van der Waals surface area (Å²) in [4.78, 5) is 25.7. The first-order valence-corrected chi connectivity index (χ1v) is 9.34. The van der Waals surface area contributed by atoms with Gasteiger partial charge in [0.25, 0.3) is 0 Å². The lowest BCUT2D eigenvalue weighted by molar-refractivity contribution is -0.111. The second kappa shape index (κ2) is 7.85. The summed E-state index contributed by atoms with van der Waals surface area (Å²) in [5.41, 5.74) is 2.38. The van der Waals surface area contributed by atoms with E-state index in [4.69, 9.17) is 16.3 Å². The Morgan fingerprint density at radius 2 is 2.20 bits per heavy atom. The van der Waals surface area contributed by atoms with E-state index in [-0.39, 0.29) is 11.9 Å². The lowest BCUT2D eigenvalue weighted by atomic mass is 10.1. The van der Waals surface area contributed by atoms with Gasteiger partial charge in [0.1, 0.15) is 5.00 Å². The zero-order valence-electron chi connectivity index (χ0n) is 13.8. The predicted molar refractivity (Wildman–Crippen MR) is 101 cm³/mol. The lowest BCUT2D eigenvalue weighted by Crippen LogP contribution is -2.13. The van der Waals surface area contributed by atoms with Crippen LogP contribution in [0.15, 0.2) is 30.3 Å². The molecule has 6 heteroatoms. The number of hydrogen-bond donors (Lipinski definition) is 1. The van der Waals surface area contributed by atoms with Gasteiger partial charge in [-0.1, -0.05) is 23.7 Å². The maximum Gasteiger partial charge on any atom is 0.341 e. The van der Waals surface area contributed by atoms with Gasteiger partial charge in [-0.3, -0.25) is 4.79 Å². The number of aryl methyl sites for hydroxylation is 1. The highest BCUT2D eigenvalue weighted by Crippen LogP contribution is 2.39. The molecule has 1 aliphatic rings. The first kappa shape index (κ1) is 17.7. The molecule has 25 heavy (non-hydrogen) atoms. The molecule has 0 atom stereocenters. The van der Waals surface area contributed by atoms with E-state index in [9.17, 15) is 9.59 Å². The number of amides is 1. The van der Waals surface area contributed by atoms with Gasteiger partial charge in [0.05, 0.1) is 12.2 Å². The number of ether oxygens (including phenoxy) is 1. The molecule has 130 valence electrons. The van der Waals surface area contributed by atoms with Gasteiger partial charge in [-0.05, 0) is 55.5 Å². The summed E-state index contributed by atoms with van der Waals surface area (Å²) in [6, 6.07) is 7.23. The molecule has 1 amide bonds. The number of carbonyl (C=O) groups is 2. The summed E-state index contributed by atoms with van der Waals surface area (Å²) in [5, 5.41) is 4.01. The molecule has 1 heterocycles. The first-order valence-electron chi connectivity index (χ1n) is 8.14. The molecule has 1 aromatic heterocycles. The number of halogens is 1. The van der Waals surface area contributed by atoms with E-state index in [0.717, 1.165) is 35.3 Å². The highest BCUT2D eigenvalue weighted by Gasteiger charge is 2.27. The van der Waals surface area contributed by atoms with Crippen LogP contribution in [-0.4, -0.2) is 18.5 Å². The average Bonchev–Trinajstić information content (AvgIpc) is 3.13. The fourth-order valence-corrected chi connectivity index (χ4v) is 4.33. The van der Waals surface area contributed by atoms with E-state index >= 15 is 0 Å². The molecule has 0 bridgehead atoms. The number of carbonyl (C=O) groups excluding carboxylic acids is 2. The van der Waals surface area contributed by atoms with Crippen LogP contribution in [0.4, 0.5) is 5.00 Å². The maximum absolute atomic E-state index is 12.3. The van der Waals surface area contributed by atoms with Gasteiger partial charge < -0.3 is 10.1 Å². The van der Waals surface area contributed by atoms with Crippen LogP contribution >= 0.6 is 22.9 Å². The molecule has 0 radical (unpaired) electrons. The van der Waals surface area contributed by atoms with Crippen LogP contribution in [0.5, 0.6) is 0 Å². The molecule has 0 aliphatic heterocycles. The Morgan fingerprint density at radius 1 is 1.36 bits per heavy atom. The minimum atomic E-state index is -0.365. The fourth-order valence-electron chi connectivity index (χ4n) is 2.85. The number of benzene rings is 1. The van der Waals surface area contributed by atoms with Crippen LogP contribution in [0.1, 0.15) is 39.7 Å². The Balaban J connectivity index is 1.78. The largest absolute Gasteiger partial charge is 0.462 e. The van der Waals surface area contributed by atoms with Crippen molar-refractivity contribution in [1.29, 1.82) is 0 Å². The van der Waals surface area contributed by atoms with Crippen LogP contribution in [0.2, 0.25) is 5.02 Å². The Bertz CT molecular complexity index is 841. The number of hydrogen-bond acceptors (Lipinski definition) is 4. The van der Waals surface area contributed by atoms with Crippen LogP contribution in [0.25, 0.3) is 6.08 Å². The molecule has 1 N–H and O–H groups in total. The summed E-state index contributed by atoms with van der Waals surface area (Å²) in [7, 11) is 0. The second-order valence-electron chi connectivity index (χ2n) is 5.66. The molecular formula is C19H18ClNO3S. The summed E-state index contributed by atoms with van der Waals surface area (Å²) in [6.07, 6.45) is 5.96. The van der Waals surface area contributed by atoms with Gasteiger partial charge >= 0.3 is 5.97 Å². The van der Waals surface area contributed by atoms with Gasteiger partial charge in [-0.25, -0.2) is 4.79 Å². The van der Waals surface area contributed by atoms with Crippen molar-refractivity contribution in [3.63, 3.8) is 0 Å². The minimum absolute atomic E-state index is 0.287. The van der Waals surface area contributed by atoms with E-state index in [2.05, 4.69) is 5.32 Å². The van der Waals surface area contributed by atoms with E-state index < -0.39 is 0 Å². The summed E-state index contributed by atoms with van der Waals surface area (Å²) in [5.74, 6) is -0.651. The standard InChI is InChI=1S/C19H18ClNO3S/c1-2-24-19(23)17-14-7-4-8-15(14)25-18(17)21-16(22)10-9-12-5-3-6-13(20)11-12/h3,5-6,9-11H,2,4,7-8H2,1H3,(H,21,22). The number of anilines is 1. The second-order valence-corrected chi connectivity index (χ2v) is 7.20. The Morgan fingerprint density at radius 3 is 2.96 bits per heavy atom. The molecule has 4 nitrogen and oxygen atoms in total. The topological polar surface area (TPSA) is 55.4 Å². The summed E-state index contributed by atoms with van der Waals surface area (Å²) in [6.45, 7) is 2.09. The third-order valence-corrected chi connectivity index (χ3v) is 5.36. The molecule has 0 fully saturated rings. The predicted octanol–water partition coefficient (Wildman–Crippen LogP) is 4.72. The van der Waals surface area contributed by atoms with Gasteiger partial charge in [-0.2, -0.15) is 0 Å². The Kier molecular flexibility index (Phi) is 5.56. The molecule has 2 aromatic rings. The Hall–Kier alpha value is -2.11. The van der Waals surface area contributed by atoms with Crippen molar-refractivity contribution >= 4 is 45.9 Å². The minimum Gasteiger partial charge on any atom is -0.462 e. The SMILES string of the molecule is CCOC(=O)c1c(NC(=O)C=Cc2cccc(Cl)c2)sc2c1CCC2. The molecule has 0 spiro atoms. The Labute approximate surface area is 155 Å². The third kappa shape index (κ3) is 4.11. The van der Waals surface area contributed by atoms with Gasteiger partial charge in [0.15, 0.2) is 0 Å². The van der Waals surface area contributed by atoms with Crippen LogP contribution in [0, 0.1) is 0 Å². The van der Waals surface area contributed by atoms with Gasteiger partial charge in [-0.15, -0.1) is 11.3 Å². The lowest BCUT2D eigenvalue weighted by Gasteiger charge is -2.06. The number of nitrogens with one attached hydrogen (secondary N) is 1. The van der Waals surface area contributed by atoms with Crippen molar-refractivity contribution in [2.24, 2.45) is 0 Å². The molecule has 1 aliphatic carbocycles. The first-order chi connectivity index (χ1) is 12.1. The highest BCUT2D eigenvalue weighted by molar-refractivity contribution is 7.17. The van der Waals surface area contributed by atoms with Crippen LogP contribution in [-0.2, 0) is 22.4 Å². The fraction of sp³-hybridized carbons (Fsp3) is 0.263. The molecule has 0 saturated heterocycles. The average molecular weight is 376 g/mol. The van der Waals surface area contributed by atoms with Crippen molar-refractivity contribution in [3.05, 3.63) is 56.9 Å². The van der Waals surface area contributed by atoms with Gasteiger partial charge in [0.2, 0.25) is 5.91 Å². The van der Waals surface area contributed by atoms with E-state index in [1.54, 1.807) is 25.1 Å². The van der Waals surface area contributed by atoms with Crippen molar-refractivity contribution in [2.45, 2.75) is 26.2 Å². The zero-order valence-corrected chi connectivity index (χ0v) is 15.4. The normalized spacial score (nSPS) is 13.0. The third-order valence-electron chi connectivity index (χ3n) is 3.91. The number of rotatable bonds is 5. The van der Waals surface area contributed by atoms with Crippen LogP contribution in [0.3, 0.4) is 0 Å². The van der Waals surface area contributed by atoms with Crippen LogP contribution < -0.4 is 5.32 Å². The highest BCUT2D eigenvalue weighted by atomic mass is 35.5. The molecular weight excluding hydrogens is 358 g/mol. The maximum atomic E-state index is 12.3. The van der Waals surface area contributed by atoms with Gasteiger partial charge in [0, 0.05) is 16.0 Å². The van der Waals surface area contributed by atoms with Crippen molar-refractivity contribution in [1.82, 2.24) is 0 Å². The number of fused-ring (bicyclic) bond motifs is 1. The molecule has 0 unspecified atom stereocenters. The number of thiophene rings is 1. The van der Waals surface area contributed by atoms with Crippen molar-refractivity contribution in [3.8, 4) is 0 Å². The summed E-state index contributed by atoms with van der Waals surface area (Å²) >= 11 is 7.40. The van der Waals surface area contributed by atoms with Crippen molar-refractivity contribution < 1.29 is 14.3 Å². The van der Waals surface area contributed by atoms with E-state index in [1.165, 1.54) is 17.4 Å². The quantitative estimate of drug-likeness (QED) is 0.607. The van der Waals surface area contributed by atoms with Crippen molar-refractivity contribution in [2.75, 3.05) is 11.9 Å². The zero-order chi connectivity index (χ0) is 17.8. The van der Waals surface area contributed by atoms with E-state index in [0.29, 0.717) is 22.2 Å². The van der Waals surface area contributed by atoms with E-state index in [1.807, 2.05) is 12.1 Å².